The molecule has 1 aliphatic heterocycles. The Bertz CT molecular complexity index is 908. The normalized spacial score (nSPS) is 16.2. The Balaban J connectivity index is 1.37. The Morgan fingerprint density at radius 2 is 2.12 bits per heavy atom. The molecule has 4 heterocycles. The molecule has 0 atom stereocenters. The number of aromatic nitrogens is 5. The van der Waals surface area contributed by atoms with Gasteiger partial charge in [0.25, 0.3) is 5.56 Å². The van der Waals surface area contributed by atoms with Gasteiger partial charge in [0, 0.05) is 42.6 Å². The van der Waals surface area contributed by atoms with Crippen molar-refractivity contribution in [1.29, 1.82) is 0 Å². The van der Waals surface area contributed by atoms with E-state index in [1.54, 1.807) is 39.0 Å². The molecule has 0 saturated carbocycles. The summed E-state index contributed by atoms with van der Waals surface area (Å²) in [4.78, 5) is 20.3. The quantitative estimate of drug-likeness (QED) is 0.688. The first-order chi connectivity index (χ1) is 12.7. The van der Waals surface area contributed by atoms with Crippen LogP contribution in [-0.4, -0.2) is 42.5 Å². The van der Waals surface area contributed by atoms with Crippen molar-refractivity contribution in [2.45, 2.75) is 32.9 Å². The Morgan fingerprint density at radius 3 is 2.81 bits per heavy atom. The van der Waals surface area contributed by atoms with E-state index >= 15 is 0 Å². The highest BCUT2D eigenvalue weighted by Crippen LogP contribution is 2.22. The van der Waals surface area contributed by atoms with Gasteiger partial charge in [0.2, 0.25) is 0 Å². The van der Waals surface area contributed by atoms with E-state index in [1.165, 1.54) is 4.88 Å². The molecule has 0 radical (unpaired) electrons. The van der Waals surface area contributed by atoms with Crippen LogP contribution in [0, 0.1) is 12.8 Å². The SMILES string of the molecule is Cc1ncc(CN2CCC(Cn3nc(-n4cccn4)ccc3=O)CC2)s1. The molecular weight excluding hydrogens is 348 g/mol. The summed E-state index contributed by atoms with van der Waals surface area (Å²) in [5.41, 5.74) is -0.0523. The third kappa shape index (κ3) is 3.91. The fraction of sp³-hybridized carbons (Fsp3) is 0.444. The molecule has 8 heteroatoms. The maximum atomic E-state index is 12.2. The third-order valence-corrected chi connectivity index (χ3v) is 5.68. The molecule has 4 rings (SSSR count). The summed E-state index contributed by atoms with van der Waals surface area (Å²) >= 11 is 1.77. The summed E-state index contributed by atoms with van der Waals surface area (Å²) in [6.45, 7) is 5.79. The lowest BCUT2D eigenvalue weighted by molar-refractivity contribution is 0.164. The topological polar surface area (TPSA) is 68.8 Å². The van der Waals surface area contributed by atoms with E-state index in [2.05, 4.69) is 20.1 Å². The summed E-state index contributed by atoms with van der Waals surface area (Å²) < 4.78 is 3.26. The molecule has 3 aromatic rings. The van der Waals surface area contributed by atoms with Crippen LogP contribution in [-0.2, 0) is 13.1 Å². The first kappa shape index (κ1) is 17.1. The molecule has 1 aliphatic rings. The van der Waals surface area contributed by atoms with Crippen LogP contribution >= 0.6 is 11.3 Å². The predicted octanol–water partition coefficient (Wildman–Crippen LogP) is 2.11. The van der Waals surface area contributed by atoms with Crippen molar-refractivity contribution in [3.63, 3.8) is 0 Å². The van der Waals surface area contributed by atoms with E-state index in [-0.39, 0.29) is 5.56 Å². The van der Waals surface area contributed by atoms with Gasteiger partial charge in [-0.05, 0) is 50.9 Å². The van der Waals surface area contributed by atoms with Crippen LogP contribution in [0.4, 0.5) is 0 Å². The van der Waals surface area contributed by atoms with Gasteiger partial charge in [0.1, 0.15) is 0 Å². The van der Waals surface area contributed by atoms with Gasteiger partial charge in [0.05, 0.1) is 5.01 Å². The lowest BCUT2D eigenvalue weighted by atomic mass is 9.97. The van der Waals surface area contributed by atoms with E-state index < -0.39 is 0 Å². The van der Waals surface area contributed by atoms with Crippen molar-refractivity contribution in [3.8, 4) is 5.82 Å². The summed E-state index contributed by atoms with van der Waals surface area (Å²) in [6.07, 6.45) is 7.68. The zero-order valence-corrected chi connectivity index (χ0v) is 15.6. The number of hydrogen-bond donors (Lipinski definition) is 0. The number of likely N-dealkylation sites (tertiary alicyclic amines) is 1. The largest absolute Gasteiger partial charge is 0.298 e. The van der Waals surface area contributed by atoms with E-state index in [9.17, 15) is 4.79 Å². The van der Waals surface area contributed by atoms with Crippen LogP contribution in [0.5, 0.6) is 0 Å². The first-order valence-corrected chi connectivity index (χ1v) is 9.71. The van der Waals surface area contributed by atoms with Crippen LogP contribution in [0.1, 0.15) is 22.7 Å². The minimum Gasteiger partial charge on any atom is -0.298 e. The van der Waals surface area contributed by atoms with Crippen molar-refractivity contribution in [2.75, 3.05) is 13.1 Å². The van der Waals surface area contributed by atoms with E-state index in [4.69, 9.17) is 0 Å². The fourth-order valence-corrected chi connectivity index (χ4v) is 4.20. The van der Waals surface area contributed by atoms with Crippen LogP contribution in [0.3, 0.4) is 0 Å². The summed E-state index contributed by atoms with van der Waals surface area (Å²) in [7, 11) is 0. The lowest BCUT2D eigenvalue weighted by Gasteiger charge is -2.31. The summed E-state index contributed by atoms with van der Waals surface area (Å²) in [6, 6.07) is 5.13. The predicted molar refractivity (Wildman–Crippen MR) is 100 cm³/mol. The van der Waals surface area contributed by atoms with Crippen molar-refractivity contribution in [3.05, 3.63) is 57.0 Å². The molecule has 7 nitrogen and oxygen atoms in total. The van der Waals surface area contributed by atoms with E-state index in [0.29, 0.717) is 18.3 Å². The number of hydrogen-bond acceptors (Lipinski definition) is 6. The monoisotopic (exact) mass is 370 g/mol. The molecule has 26 heavy (non-hydrogen) atoms. The maximum Gasteiger partial charge on any atom is 0.266 e. The molecule has 0 N–H and O–H groups in total. The average Bonchev–Trinajstić information content (AvgIpc) is 3.31. The molecule has 1 fully saturated rings. The van der Waals surface area contributed by atoms with E-state index in [0.717, 1.165) is 37.5 Å². The smallest absolute Gasteiger partial charge is 0.266 e. The molecule has 3 aromatic heterocycles. The molecule has 136 valence electrons. The van der Waals surface area contributed by atoms with Gasteiger partial charge in [-0.2, -0.15) is 5.10 Å². The maximum absolute atomic E-state index is 12.2. The number of nitrogens with zero attached hydrogens (tertiary/aromatic N) is 6. The van der Waals surface area contributed by atoms with Gasteiger partial charge in [-0.25, -0.2) is 14.3 Å². The molecule has 0 unspecified atom stereocenters. The fourth-order valence-electron chi connectivity index (χ4n) is 3.37. The molecule has 0 spiro atoms. The van der Waals surface area contributed by atoms with Crippen molar-refractivity contribution in [1.82, 2.24) is 29.4 Å². The van der Waals surface area contributed by atoms with Gasteiger partial charge in [-0.1, -0.05) is 0 Å². The van der Waals surface area contributed by atoms with Crippen LogP contribution in [0.15, 0.2) is 41.6 Å². The Kier molecular flexibility index (Phi) is 4.94. The second kappa shape index (κ2) is 7.51. The van der Waals surface area contributed by atoms with Crippen molar-refractivity contribution >= 4 is 11.3 Å². The van der Waals surface area contributed by atoms with Crippen molar-refractivity contribution < 1.29 is 0 Å². The van der Waals surface area contributed by atoms with Crippen molar-refractivity contribution in [2.24, 2.45) is 5.92 Å². The van der Waals surface area contributed by atoms with Gasteiger partial charge >= 0.3 is 0 Å². The molecule has 0 aromatic carbocycles. The van der Waals surface area contributed by atoms with Crippen LogP contribution in [0.25, 0.3) is 5.82 Å². The highest BCUT2D eigenvalue weighted by Gasteiger charge is 2.21. The van der Waals surface area contributed by atoms with Crippen LogP contribution < -0.4 is 5.56 Å². The minimum atomic E-state index is -0.0523. The highest BCUT2D eigenvalue weighted by atomic mass is 32.1. The molecule has 1 saturated heterocycles. The third-order valence-electron chi connectivity index (χ3n) is 4.78. The second-order valence-corrected chi connectivity index (χ2v) is 8.05. The van der Waals surface area contributed by atoms with Gasteiger partial charge < -0.3 is 0 Å². The molecular formula is C18H22N6OS. The number of aryl methyl sites for hydroxylation is 1. The number of thiazole rings is 1. The van der Waals surface area contributed by atoms with Gasteiger partial charge in [-0.15, -0.1) is 16.4 Å². The summed E-state index contributed by atoms with van der Waals surface area (Å²) in [5, 5.41) is 9.79. The standard InChI is InChI=1S/C18H22N6OS/c1-14-19-11-16(26-14)13-22-9-5-15(6-10-22)12-24-18(25)4-3-17(21-24)23-8-2-7-20-23/h2-4,7-8,11,15H,5-6,9-10,12-13H2,1H3. The Labute approximate surface area is 155 Å². The minimum absolute atomic E-state index is 0.0523. The highest BCUT2D eigenvalue weighted by molar-refractivity contribution is 7.11. The van der Waals surface area contributed by atoms with Crippen LogP contribution in [0.2, 0.25) is 0 Å². The van der Waals surface area contributed by atoms with Gasteiger partial charge in [0.15, 0.2) is 5.82 Å². The average molecular weight is 370 g/mol. The number of piperidine rings is 1. The molecule has 0 amide bonds. The Morgan fingerprint density at radius 1 is 1.27 bits per heavy atom. The zero-order chi connectivity index (χ0) is 17.9. The molecule has 0 bridgehead atoms. The lowest BCUT2D eigenvalue weighted by Crippen LogP contribution is -2.36. The zero-order valence-electron chi connectivity index (χ0n) is 14.8. The van der Waals surface area contributed by atoms with E-state index in [1.807, 2.05) is 25.4 Å². The summed E-state index contributed by atoms with van der Waals surface area (Å²) in [5.74, 6) is 1.15. The Hall–Kier alpha value is -2.32. The number of rotatable bonds is 5. The first-order valence-electron chi connectivity index (χ1n) is 8.89. The van der Waals surface area contributed by atoms with Gasteiger partial charge in [-0.3, -0.25) is 9.69 Å². The molecule has 0 aliphatic carbocycles. The second-order valence-electron chi connectivity index (χ2n) is 6.73.